The zero-order valence-corrected chi connectivity index (χ0v) is 14.4. The van der Waals surface area contributed by atoms with Crippen molar-refractivity contribution in [3.05, 3.63) is 29.8 Å². The van der Waals surface area contributed by atoms with Crippen molar-refractivity contribution >= 4 is 17.6 Å². The van der Waals surface area contributed by atoms with Crippen molar-refractivity contribution in [2.45, 2.75) is 32.0 Å². The van der Waals surface area contributed by atoms with E-state index in [4.69, 9.17) is 5.11 Å². The molecule has 1 saturated heterocycles. The van der Waals surface area contributed by atoms with E-state index in [9.17, 15) is 22.8 Å². The third kappa shape index (κ3) is 3.56. The average molecular weight is 370 g/mol. The summed E-state index contributed by atoms with van der Waals surface area (Å²) in [4.78, 5) is 26.9. The Morgan fingerprint density at radius 2 is 1.92 bits per heavy atom. The number of carboxylic acids is 1. The van der Waals surface area contributed by atoms with Gasteiger partial charge in [-0.25, -0.2) is 0 Å². The van der Waals surface area contributed by atoms with Crippen LogP contribution in [0, 0.1) is 11.8 Å². The number of likely N-dealkylation sites (tertiary alicyclic amines) is 1. The first-order valence-electron chi connectivity index (χ1n) is 8.60. The number of benzene rings is 1. The van der Waals surface area contributed by atoms with Crippen LogP contribution in [-0.2, 0) is 16.0 Å². The van der Waals surface area contributed by atoms with Crippen LogP contribution in [0.5, 0.6) is 0 Å². The summed E-state index contributed by atoms with van der Waals surface area (Å²) in [5, 5.41) is 9.10. The quantitative estimate of drug-likeness (QED) is 0.888. The Morgan fingerprint density at radius 3 is 2.54 bits per heavy atom. The number of anilines is 1. The highest BCUT2D eigenvalue weighted by molar-refractivity contribution is 5.96. The summed E-state index contributed by atoms with van der Waals surface area (Å²) in [5.41, 5.74) is 1.83. The number of carbonyl (C=O) groups is 2. The molecule has 142 valence electrons. The number of nitrogens with zero attached hydrogens (tertiary/aromatic N) is 2. The van der Waals surface area contributed by atoms with Gasteiger partial charge in [0.1, 0.15) is 0 Å². The normalized spacial score (nSPS) is 26.6. The number of para-hydroxylation sites is 1. The smallest absolute Gasteiger partial charge is 0.393 e. The highest BCUT2D eigenvalue weighted by atomic mass is 19.4. The molecule has 1 amide bonds. The number of halogens is 3. The molecule has 0 saturated carbocycles. The van der Waals surface area contributed by atoms with E-state index in [1.807, 2.05) is 31.2 Å². The first-order chi connectivity index (χ1) is 12.2. The van der Waals surface area contributed by atoms with Crippen LogP contribution in [0.3, 0.4) is 0 Å². The lowest BCUT2D eigenvalue weighted by atomic mass is 9.96. The second-order valence-electron chi connectivity index (χ2n) is 7.07. The lowest BCUT2D eigenvalue weighted by Crippen LogP contribution is -2.47. The molecule has 2 heterocycles. The van der Waals surface area contributed by atoms with Gasteiger partial charge >= 0.3 is 12.1 Å². The largest absolute Gasteiger partial charge is 0.481 e. The Balaban J connectivity index is 1.75. The van der Waals surface area contributed by atoms with Gasteiger partial charge in [-0.1, -0.05) is 18.2 Å². The number of hydrogen-bond acceptors (Lipinski definition) is 3. The van der Waals surface area contributed by atoms with Crippen LogP contribution in [-0.4, -0.2) is 53.7 Å². The Bertz CT molecular complexity index is 707. The zero-order chi connectivity index (χ0) is 19.1. The summed E-state index contributed by atoms with van der Waals surface area (Å²) in [5.74, 6) is -5.25. The maximum atomic E-state index is 13.1. The van der Waals surface area contributed by atoms with Gasteiger partial charge < -0.3 is 10.0 Å². The van der Waals surface area contributed by atoms with E-state index < -0.39 is 30.5 Å². The van der Waals surface area contributed by atoms with E-state index in [2.05, 4.69) is 0 Å². The summed E-state index contributed by atoms with van der Waals surface area (Å²) < 4.78 is 39.3. The summed E-state index contributed by atoms with van der Waals surface area (Å²) in [7, 11) is 0. The Hall–Kier alpha value is -2.09. The van der Waals surface area contributed by atoms with Crippen molar-refractivity contribution in [2.75, 3.05) is 24.5 Å². The summed E-state index contributed by atoms with van der Waals surface area (Å²) in [6.07, 6.45) is -2.96. The average Bonchev–Trinajstić information content (AvgIpc) is 2.99. The van der Waals surface area contributed by atoms with Crippen LogP contribution in [0.15, 0.2) is 24.3 Å². The van der Waals surface area contributed by atoms with Gasteiger partial charge in [0.15, 0.2) is 0 Å². The number of fused-ring (bicyclic) bond motifs is 1. The van der Waals surface area contributed by atoms with Gasteiger partial charge in [-0.3, -0.25) is 14.5 Å². The van der Waals surface area contributed by atoms with Gasteiger partial charge in [-0.2, -0.15) is 13.2 Å². The minimum Gasteiger partial charge on any atom is -0.481 e. The first-order valence-corrected chi connectivity index (χ1v) is 8.60. The highest BCUT2D eigenvalue weighted by Gasteiger charge is 2.52. The molecule has 3 atom stereocenters. The van der Waals surface area contributed by atoms with E-state index in [-0.39, 0.29) is 25.0 Å². The second-order valence-corrected chi connectivity index (χ2v) is 7.07. The van der Waals surface area contributed by atoms with Crippen molar-refractivity contribution in [3.8, 4) is 0 Å². The SMILES string of the molecule is CC1CCc2ccccc2N1C(=O)CN1C[C@@H](C(F)(F)F)[C@H](C(=O)O)C1. The maximum Gasteiger partial charge on any atom is 0.393 e. The fourth-order valence-electron chi connectivity index (χ4n) is 3.93. The molecule has 1 aromatic rings. The Labute approximate surface area is 149 Å². The number of carboxylic acid groups (broad SMARTS) is 1. The molecule has 2 aliphatic rings. The third-order valence-corrected chi connectivity index (χ3v) is 5.28. The van der Waals surface area contributed by atoms with Gasteiger partial charge in [0.05, 0.1) is 18.4 Å². The maximum absolute atomic E-state index is 13.1. The monoisotopic (exact) mass is 370 g/mol. The minimum absolute atomic E-state index is 0.0475. The van der Waals surface area contributed by atoms with Crippen LogP contribution >= 0.6 is 0 Å². The van der Waals surface area contributed by atoms with E-state index in [0.29, 0.717) is 0 Å². The molecule has 0 aliphatic carbocycles. The number of aryl methyl sites for hydroxylation is 1. The van der Waals surface area contributed by atoms with Gasteiger partial charge in [-0.05, 0) is 31.4 Å². The lowest BCUT2D eigenvalue weighted by Gasteiger charge is -2.36. The predicted octanol–water partition coefficient (Wildman–Crippen LogP) is 2.55. The topological polar surface area (TPSA) is 60.9 Å². The molecule has 26 heavy (non-hydrogen) atoms. The van der Waals surface area contributed by atoms with Crippen LogP contribution < -0.4 is 4.90 Å². The molecular weight excluding hydrogens is 349 g/mol. The molecule has 0 aromatic heterocycles. The van der Waals surface area contributed by atoms with E-state index >= 15 is 0 Å². The van der Waals surface area contributed by atoms with Crippen molar-refractivity contribution in [3.63, 3.8) is 0 Å². The highest BCUT2D eigenvalue weighted by Crippen LogP contribution is 2.38. The molecule has 0 radical (unpaired) electrons. The van der Waals surface area contributed by atoms with Crippen LogP contribution in [0.25, 0.3) is 0 Å². The molecule has 3 rings (SSSR count). The Morgan fingerprint density at radius 1 is 1.23 bits per heavy atom. The Kier molecular flexibility index (Phi) is 4.96. The third-order valence-electron chi connectivity index (χ3n) is 5.28. The predicted molar refractivity (Wildman–Crippen MR) is 88.8 cm³/mol. The van der Waals surface area contributed by atoms with Crippen LogP contribution in [0.4, 0.5) is 18.9 Å². The zero-order valence-electron chi connectivity index (χ0n) is 14.4. The number of rotatable bonds is 3. The van der Waals surface area contributed by atoms with Crippen molar-refractivity contribution < 1.29 is 27.9 Å². The second kappa shape index (κ2) is 6.90. The number of carbonyl (C=O) groups excluding carboxylic acids is 1. The fraction of sp³-hybridized carbons (Fsp3) is 0.556. The molecule has 0 bridgehead atoms. The van der Waals surface area contributed by atoms with Gasteiger partial charge in [0.2, 0.25) is 5.91 Å². The number of amides is 1. The van der Waals surface area contributed by atoms with Gasteiger partial charge in [-0.15, -0.1) is 0 Å². The molecular formula is C18H21F3N2O3. The summed E-state index contributed by atoms with van der Waals surface area (Å²) in [6, 6.07) is 7.45. The number of aliphatic carboxylic acids is 1. The van der Waals surface area contributed by atoms with Crippen LogP contribution in [0.1, 0.15) is 18.9 Å². The van der Waals surface area contributed by atoms with E-state index in [1.54, 1.807) is 4.90 Å². The first kappa shape index (κ1) is 18.7. The van der Waals surface area contributed by atoms with E-state index in [0.717, 1.165) is 24.1 Å². The van der Waals surface area contributed by atoms with E-state index in [1.165, 1.54) is 4.90 Å². The molecule has 8 heteroatoms. The molecule has 1 unspecified atom stereocenters. The van der Waals surface area contributed by atoms with Crippen molar-refractivity contribution in [1.82, 2.24) is 4.90 Å². The molecule has 5 nitrogen and oxygen atoms in total. The van der Waals surface area contributed by atoms with Crippen molar-refractivity contribution in [1.29, 1.82) is 0 Å². The fourth-order valence-corrected chi connectivity index (χ4v) is 3.93. The minimum atomic E-state index is -4.59. The standard InChI is InChI=1S/C18H21F3N2O3/c1-11-6-7-12-4-2-3-5-15(12)23(11)16(24)10-22-8-13(17(25)26)14(9-22)18(19,20)21/h2-5,11,13-14H,6-10H2,1H3,(H,25,26)/t11?,13-,14-/m1/s1. The molecule has 2 aliphatic heterocycles. The molecule has 1 aromatic carbocycles. The summed E-state index contributed by atoms with van der Waals surface area (Å²) >= 11 is 0. The van der Waals surface area contributed by atoms with Gasteiger partial charge in [0, 0.05) is 24.8 Å². The van der Waals surface area contributed by atoms with Crippen LogP contribution in [0.2, 0.25) is 0 Å². The number of hydrogen-bond donors (Lipinski definition) is 1. The molecule has 0 spiro atoms. The van der Waals surface area contributed by atoms with Gasteiger partial charge in [0.25, 0.3) is 0 Å². The summed E-state index contributed by atoms with van der Waals surface area (Å²) in [6.45, 7) is 0.969. The lowest BCUT2D eigenvalue weighted by molar-refractivity contribution is -0.188. The molecule has 1 fully saturated rings. The molecule has 1 N–H and O–H groups in total. The number of alkyl halides is 3. The van der Waals surface area contributed by atoms with Crippen molar-refractivity contribution in [2.24, 2.45) is 11.8 Å².